The fourth-order valence-electron chi connectivity index (χ4n) is 13.4. The Kier molecular flexibility index (Phi) is 47.7. The number of amides is 2. The van der Waals surface area contributed by atoms with E-state index in [2.05, 4.69) is 25.8 Å². The number of esters is 1. The van der Waals surface area contributed by atoms with Gasteiger partial charge in [0.25, 0.3) is 11.5 Å². The third-order valence-corrected chi connectivity index (χ3v) is 19.6. The molecule has 2 aliphatic rings. The number of benzene rings is 1. The Balaban J connectivity index is 1.33. The minimum absolute atomic E-state index is 0.0853. The summed E-state index contributed by atoms with van der Waals surface area (Å²) in [5.74, 6) is 0.685. The lowest BCUT2D eigenvalue weighted by Crippen LogP contribution is -2.50. The van der Waals surface area contributed by atoms with E-state index in [0.717, 1.165) is 38.5 Å². The standard InChI is InChI=1S/C79H138N4O11/c1-5-8-11-14-17-20-23-26-29-32-35-38-41-44-47-50-59-90-70-62-68(78(88)82-57-55-81(56-58-82)73(85)53-54-75(86)94-69-64-74(93-72(69)66-84)83-65-67(4)77(87)80-79(83)89)63-71(91-60-51-48-45-42-39-36-33-30-27-24-21-18-15-12-9-6-2)76(70)92-61-52-49-46-43-40-37-34-31-28-25-22-19-16-13-10-7-3/h62-63,65,69,72,74,84H,5-61,64,66H2,1-4H3,(H,80,87,89)/t69-,72+,74+/m0/s1. The van der Waals surface area contributed by atoms with Crippen LogP contribution in [0.5, 0.6) is 17.2 Å². The van der Waals surface area contributed by atoms with Crippen LogP contribution in [0.3, 0.4) is 0 Å². The van der Waals surface area contributed by atoms with Crippen LogP contribution >= 0.6 is 0 Å². The first-order valence-corrected chi connectivity index (χ1v) is 39.5. The maximum atomic E-state index is 14.6. The van der Waals surface area contributed by atoms with Gasteiger partial charge in [0.2, 0.25) is 11.7 Å². The van der Waals surface area contributed by atoms with E-state index in [0.29, 0.717) is 74.4 Å². The zero-order valence-electron chi connectivity index (χ0n) is 60.6. The number of ether oxygens (including phenoxy) is 5. The number of hydrogen-bond donors (Lipinski definition) is 2. The molecule has 2 fully saturated rings. The Bertz CT molecular complexity index is 2290. The Morgan fingerprint density at radius 3 is 1.18 bits per heavy atom. The van der Waals surface area contributed by atoms with Crippen molar-refractivity contribution < 1.29 is 43.2 Å². The summed E-state index contributed by atoms with van der Waals surface area (Å²) in [5.41, 5.74) is -0.387. The Hall–Kier alpha value is -4.37. The number of nitrogens with zero attached hydrogens (tertiary/aromatic N) is 3. The quantitative estimate of drug-likeness (QED) is 0.0475. The summed E-state index contributed by atoms with van der Waals surface area (Å²) < 4.78 is 32.8. The lowest BCUT2D eigenvalue weighted by Gasteiger charge is -2.35. The van der Waals surface area contributed by atoms with Gasteiger partial charge in [0.1, 0.15) is 18.4 Å². The van der Waals surface area contributed by atoms with Crippen LogP contribution in [0, 0.1) is 6.92 Å². The first-order valence-electron chi connectivity index (χ1n) is 39.5. The van der Waals surface area contributed by atoms with Crippen LogP contribution in [0.2, 0.25) is 0 Å². The molecule has 2 saturated heterocycles. The zero-order valence-corrected chi connectivity index (χ0v) is 60.6. The van der Waals surface area contributed by atoms with Crippen molar-refractivity contribution in [3.63, 3.8) is 0 Å². The van der Waals surface area contributed by atoms with E-state index in [-0.39, 0.29) is 31.1 Å². The molecule has 0 spiro atoms. The Morgan fingerprint density at radius 2 is 0.819 bits per heavy atom. The van der Waals surface area contributed by atoms with Crippen molar-refractivity contribution >= 4 is 17.8 Å². The highest BCUT2D eigenvalue weighted by molar-refractivity contribution is 5.96. The molecular weight excluding hydrogens is 1180 g/mol. The van der Waals surface area contributed by atoms with Gasteiger partial charge in [-0.2, -0.15) is 0 Å². The van der Waals surface area contributed by atoms with Crippen LogP contribution in [0.1, 0.15) is 370 Å². The molecule has 0 radical (unpaired) electrons. The maximum absolute atomic E-state index is 14.6. The van der Waals surface area contributed by atoms with Crippen molar-refractivity contribution in [1.82, 2.24) is 19.4 Å². The second kappa shape index (κ2) is 54.6. The molecule has 4 rings (SSSR count). The van der Waals surface area contributed by atoms with Crippen molar-refractivity contribution in [3.8, 4) is 17.2 Å². The fourth-order valence-corrected chi connectivity index (χ4v) is 13.4. The second-order valence-corrected chi connectivity index (χ2v) is 28.0. The van der Waals surface area contributed by atoms with Crippen molar-refractivity contribution in [1.29, 1.82) is 0 Å². The number of aliphatic hydroxyl groups is 1. The maximum Gasteiger partial charge on any atom is 0.330 e. The van der Waals surface area contributed by atoms with Crippen LogP contribution in [0.4, 0.5) is 0 Å². The molecule has 15 heteroatoms. The summed E-state index contributed by atoms with van der Waals surface area (Å²) in [6, 6.07) is 3.70. The SMILES string of the molecule is CCCCCCCCCCCCCCCCCCOc1cc(C(=O)N2CCN(C(=O)CCC(=O)O[C@H]3C[C@H](n4cc(C)c(=O)[nH]c4=O)O[C@@H]3CO)CC2)cc(OCCCCCCCCCCCCCCCCCC)c1OCCCCCCCCCCCCCCCCCC. The molecule has 2 N–H and O–H groups in total. The van der Waals surface area contributed by atoms with E-state index < -0.39 is 42.3 Å². The molecule has 2 aliphatic heterocycles. The largest absolute Gasteiger partial charge is 0.490 e. The number of nitrogens with one attached hydrogen (secondary N) is 1. The van der Waals surface area contributed by atoms with Gasteiger partial charge in [-0.15, -0.1) is 0 Å². The lowest BCUT2D eigenvalue weighted by atomic mass is 10.0. The molecule has 3 heterocycles. The topological polar surface area (TPSA) is 179 Å². The number of unbranched alkanes of at least 4 members (excludes halogenated alkanes) is 45. The number of piperazine rings is 1. The third kappa shape index (κ3) is 36.8. The highest BCUT2D eigenvalue weighted by Gasteiger charge is 2.39. The van der Waals surface area contributed by atoms with E-state index in [1.807, 2.05) is 12.1 Å². The van der Waals surface area contributed by atoms with Gasteiger partial charge in [-0.3, -0.25) is 28.7 Å². The summed E-state index contributed by atoms with van der Waals surface area (Å²) in [7, 11) is 0. The summed E-state index contributed by atoms with van der Waals surface area (Å²) in [5, 5.41) is 10.0. The molecule has 0 saturated carbocycles. The van der Waals surface area contributed by atoms with E-state index in [9.17, 15) is 29.1 Å². The molecule has 0 unspecified atom stereocenters. The molecule has 0 aliphatic carbocycles. The number of aryl methyl sites for hydroxylation is 1. The third-order valence-electron chi connectivity index (χ3n) is 19.6. The average Bonchev–Trinajstić information content (AvgIpc) is 1.15. The first-order chi connectivity index (χ1) is 46.1. The minimum atomic E-state index is -0.885. The number of aromatic amines is 1. The van der Waals surface area contributed by atoms with Crippen molar-refractivity contribution in [3.05, 3.63) is 50.3 Å². The molecular formula is C79H138N4O11. The molecule has 94 heavy (non-hydrogen) atoms. The van der Waals surface area contributed by atoms with E-state index >= 15 is 0 Å². The number of rotatable bonds is 61. The summed E-state index contributed by atoms with van der Waals surface area (Å²) >= 11 is 0. The summed E-state index contributed by atoms with van der Waals surface area (Å²) in [4.78, 5) is 71.5. The van der Waals surface area contributed by atoms with Gasteiger partial charge in [0.15, 0.2) is 11.5 Å². The highest BCUT2D eigenvalue weighted by atomic mass is 16.6. The van der Waals surface area contributed by atoms with Crippen molar-refractivity contribution in [2.75, 3.05) is 52.6 Å². The average molecular weight is 1320 g/mol. The van der Waals surface area contributed by atoms with Crippen LogP contribution in [-0.4, -0.2) is 107 Å². The van der Waals surface area contributed by atoms with Gasteiger partial charge in [-0.1, -0.05) is 310 Å². The predicted octanol–water partition coefficient (Wildman–Crippen LogP) is 19.7. The molecule has 1 aromatic heterocycles. The Labute approximate surface area is 571 Å². The highest BCUT2D eigenvalue weighted by Crippen LogP contribution is 2.40. The second-order valence-electron chi connectivity index (χ2n) is 28.0. The lowest BCUT2D eigenvalue weighted by molar-refractivity contribution is -0.154. The Morgan fingerprint density at radius 1 is 0.479 bits per heavy atom. The van der Waals surface area contributed by atoms with Gasteiger partial charge in [0, 0.05) is 56.3 Å². The van der Waals surface area contributed by atoms with Gasteiger partial charge < -0.3 is 38.6 Å². The van der Waals surface area contributed by atoms with E-state index in [1.54, 1.807) is 16.7 Å². The summed E-state index contributed by atoms with van der Waals surface area (Å²) in [6.45, 7) is 10.8. The minimum Gasteiger partial charge on any atom is -0.490 e. The number of H-pyrrole nitrogens is 1. The molecule has 2 aromatic rings. The van der Waals surface area contributed by atoms with Crippen LogP contribution in [-0.2, 0) is 19.1 Å². The first kappa shape index (κ1) is 82.1. The van der Waals surface area contributed by atoms with Crippen LogP contribution in [0.25, 0.3) is 0 Å². The molecule has 2 amide bonds. The van der Waals surface area contributed by atoms with Gasteiger partial charge >= 0.3 is 11.7 Å². The van der Waals surface area contributed by atoms with Gasteiger partial charge in [-0.25, -0.2) is 4.79 Å². The van der Waals surface area contributed by atoms with Gasteiger partial charge in [0.05, 0.1) is 32.8 Å². The molecule has 3 atom stereocenters. The van der Waals surface area contributed by atoms with E-state index in [4.69, 9.17) is 23.7 Å². The van der Waals surface area contributed by atoms with Crippen molar-refractivity contribution in [2.24, 2.45) is 0 Å². The van der Waals surface area contributed by atoms with Gasteiger partial charge in [-0.05, 0) is 38.3 Å². The number of carbonyl (C=O) groups excluding carboxylic acids is 3. The number of hydrogen-bond acceptors (Lipinski definition) is 11. The number of carbonyl (C=O) groups is 3. The molecule has 1 aromatic carbocycles. The van der Waals surface area contributed by atoms with E-state index in [1.165, 1.54) is 280 Å². The molecule has 540 valence electrons. The van der Waals surface area contributed by atoms with Crippen molar-refractivity contribution in [2.45, 2.75) is 374 Å². The number of aromatic nitrogens is 2. The smallest absolute Gasteiger partial charge is 0.330 e. The van der Waals surface area contributed by atoms with Crippen LogP contribution in [0.15, 0.2) is 27.9 Å². The molecule has 15 nitrogen and oxygen atoms in total. The summed E-state index contributed by atoms with van der Waals surface area (Å²) in [6.07, 6.45) is 61.0. The number of aliphatic hydroxyl groups excluding tert-OH is 1. The molecule has 0 bridgehead atoms. The predicted molar refractivity (Wildman–Crippen MR) is 385 cm³/mol. The fraction of sp³-hybridized carbons (Fsp3) is 0.835. The normalized spacial score (nSPS) is 15.7. The van der Waals surface area contributed by atoms with Crippen LogP contribution < -0.4 is 25.5 Å². The zero-order chi connectivity index (χ0) is 67.3. The monoisotopic (exact) mass is 1320 g/mol.